The van der Waals surface area contributed by atoms with Gasteiger partial charge in [0.2, 0.25) is 0 Å². The largest absolute Gasteiger partial charge is 2.00 e. The normalized spacial score (nSPS) is 0. The zero-order valence-electron chi connectivity index (χ0n) is 2.23. The van der Waals surface area contributed by atoms with Gasteiger partial charge in [-0.15, -0.1) is 0 Å². The zero-order valence-corrected chi connectivity index (χ0v) is 5.85. The average Bonchev–Trinajstić information content (AvgIpc) is 0. The Morgan fingerprint density at radius 2 is 0.750 bits per heavy atom. The fraction of sp³-hybridized carbons (Fsp3) is 0. The summed E-state index contributed by atoms with van der Waals surface area (Å²) in [6.07, 6.45) is 0. The van der Waals surface area contributed by atoms with Crippen molar-refractivity contribution in [2.75, 3.05) is 0 Å². The van der Waals surface area contributed by atoms with Crippen LogP contribution in [0.2, 0.25) is 0 Å². The topological polar surface area (TPSA) is 57.0 Å². The van der Waals surface area contributed by atoms with Gasteiger partial charge in [0.1, 0.15) is 0 Å². The first kappa shape index (κ1) is 38.4. The van der Waals surface area contributed by atoms with Gasteiger partial charge in [0.15, 0.2) is 0 Å². The van der Waals surface area contributed by atoms with Gasteiger partial charge in [0, 0.05) is 0 Å². The zero-order chi connectivity index (χ0) is 0. The van der Waals surface area contributed by atoms with Gasteiger partial charge in [-0.25, -0.2) is 0 Å². The van der Waals surface area contributed by atoms with E-state index in [-0.39, 0.29) is 71.7 Å². The minimum atomic E-state index is 0. The van der Waals surface area contributed by atoms with E-state index in [1.54, 1.807) is 0 Å². The molecule has 0 spiro atoms. The summed E-state index contributed by atoms with van der Waals surface area (Å²) in [4.78, 5) is 0. The van der Waals surface area contributed by atoms with Crippen molar-refractivity contribution in [1.29, 1.82) is 0 Å². The van der Waals surface area contributed by atoms with Crippen molar-refractivity contribution in [2.24, 2.45) is 0 Å². The Morgan fingerprint density at radius 3 is 0.750 bits per heavy atom. The first-order chi connectivity index (χ1) is 0. The first-order valence-electron chi connectivity index (χ1n) is 0. The maximum absolute atomic E-state index is 0. The van der Waals surface area contributed by atoms with Crippen LogP contribution in [-0.2, 0) is 11.0 Å². The van der Waals surface area contributed by atoms with Crippen LogP contribution in [0.15, 0.2) is 0 Å². The standard InChI is InChI=1S/Ca.Mg.2O/q2*+2;2*-2. The summed E-state index contributed by atoms with van der Waals surface area (Å²) in [6.45, 7) is 0. The second-order valence-electron chi connectivity index (χ2n) is 0. The van der Waals surface area contributed by atoms with Crippen molar-refractivity contribution < 1.29 is 11.0 Å². The molecule has 0 aliphatic heterocycles. The summed E-state index contributed by atoms with van der Waals surface area (Å²) in [5.41, 5.74) is 0. The summed E-state index contributed by atoms with van der Waals surface area (Å²) in [5.74, 6) is 0. The monoisotopic (exact) mass is 95.9 g/mol. The molecule has 0 aromatic heterocycles. The molecule has 0 saturated heterocycles. The Bertz CT molecular complexity index is 6.00. The Balaban J connectivity index is 0. The minimum absolute atomic E-state index is 0. The molecule has 0 bridgehead atoms. The molecule has 0 rings (SSSR count). The van der Waals surface area contributed by atoms with E-state index in [2.05, 4.69) is 0 Å². The van der Waals surface area contributed by atoms with Crippen molar-refractivity contribution in [3.8, 4) is 0 Å². The van der Waals surface area contributed by atoms with E-state index in [1.165, 1.54) is 0 Å². The average molecular weight is 96.4 g/mol. The molecule has 0 aliphatic carbocycles. The smallest absolute Gasteiger partial charge is 2.00 e. The van der Waals surface area contributed by atoms with Crippen LogP contribution >= 0.6 is 0 Å². The van der Waals surface area contributed by atoms with E-state index in [0.29, 0.717) is 0 Å². The molecule has 0 heterocycles. The van der Waals surface area contributed by atoms with Gasteiger partial charge < -0.3 is 11.0 Å². The Hall–Kier alpha value is 1.95. The van der Waals surface area contributed by atoms with E-state index >= 15 is 0 Å². The summed E-state index contributed by atoms with van der Waals surface area (Å²) in [7, 11) is 0. The van der Waals surface area contributed by atoms with E-state index in [4.69, 9.17) is 0 Å². The molecule has 16 valence electrons. The predicted octanol–water partition coefficient (Wildman–Crippen LogP) is -0.999. The van der Waals surface area contributed by atoms with Crippen LogP contribution in [-0.4, -0.2) is 60.8 Å². The van der Waals surface area contributed by atoms with Crippen LogP contribution in [0.4, 0.5) is 0 Å². The van der Waals surface area contributed by atoms with Crippen molar-refractivity contribution in [2.45, 2.75) is 0 Å². The number of hydrogen-bond acceptors (Lipinski definition) is 0. The quantitative estimate of drug-likeness (QED) is 0.347. The molecule has 0 atom stereocenters. The predicted molar refractivity (Wildman–Crippen MR) is 12.9 cm³/mol. The van der Waals surface area contributed by atoms with Crippen LogP contribution < -0.4 is 0 Å². The third kappa shape index (κ3) is 9.04. The molecule has 4 heavy (non-hydrogen) atoms. The van der Waals surface area contributed by atoms with Crippen LogP contribution in [0.5, 0.6) is 0 Å². The third-order valence-electron chi connectivity index (χ3n) is 0. The van der Waals surface area contributed by atoms with Crippen LogP contribution in [0.1, 0.15) is 0 Å². The Labute approximate surface area is 70.7 Å². The number of hydrogen-bond donors (Lipinski definition) is 0. The second-order valence-corrected chi connectivity index (χ2v) is 0. The molecule has 0 unspecified atom stereocenters. The fourth-order valence-corrected chi connectivity index (χ4v) is 0. The SMILES string of the molecule is [Ca+2].[Mg+2].[O-2].[O-2]. The van der Waals surface area contributed by atoms with Crippen LogP contribution in [0.3, 0.4) is 0 Å². The molecule has 0 fully saturated rings. The van der Waals surface area contributed by atoms with Crippen LogP contribution in [0.25, 0.3) is 0 Å². The number of rotatable bonds is 0. The maximum Gasteiger partial charge on any atom is 2.00 e. The molecule has 0 radical (unpaired) electrons. The molecule has 0 saturated carbocycles. The molecular formula is CaMgO2. The summed E-state index contributed by atoms with van der Waals surface area (Å²) < 4.78 is 0. The van der Waals surface area contributed by atoms with Crippen molar-refractivity contribution in [3.63, 3.8) is 0 Å². The van der Waals surface area contributed by atoms with Gasteiger partial charge in [-0.3, -0.25) is 0 Å². The Morgan fingerprint density at radius 1 is 0.750 bits per heavy atom. The van der Waals surface area contributed by atoms with Gasteiger partial charge in [-0.1, -0.05) is 0 Å². The first-order valence-corrected chi connectivity index (χ1v) is 0. The maximum atomic E-state index is 0. The fourth-order valence-electron chi connectivity index (χ4n) is 0. The summed E-state index contributed by atoms with van der Waals surface area (Å²) >= 11 is 0. The van der Waals surface area contributed by atoms with Gasteiger partial charge in [-0.05, 0) is 0 Å². The molecule has 0 N–H and O–H groups in total. The molecule has 0 aromatic rings. The molecular weight excluding hydrogens is 96.4 g/mol. The van der Waals surface area contributed by atoms with E-state index in [9.17, 15) is 0 Å². The van der Waals surface area contributed by atoms with Gasteiger partial charge in [0.05, 0.1) is 0 Å². The van der Waals surface area contributed by atoms with Gasteiger partial charge in [-0.2, -0.15) is 0 Å². The van der Waals surface area contributed by atoms with E-state index in [1.807, 2.05) is 0 Å². The third-order valence-corrected chi connectivity index (χ3v) is 0. The van der Waals surface area contributed by atoms with Crippen molar-refractivity contribution in [3.05, 3.63) is 0 Å². The van der Waals surface area contributed by atoms with E-state index < -0.39 is 0 Å². The van der Waals surface area contributed by atoms with Crippen LogP contribution in [0, 0.1) is 0 Å². The molecule has 0 aliphatic rings. The summed E-state index contributed by atoms with van der Waals surface area (Å²) in [5, 5.41) is 0. The molecule has 0 amide bonds. The van der Waals surface area contributed by atoms with Gasteiger partial charge >= 0.3 is 60.8 Å². The van der Waals surface area contributed by atoms with Crippen molar-refractivity contribution in [1.82, 2.24) is 0 Å². The minimum Gasteiger partial charge on any atom is -2.00 e. The van der Waals surface area contributed by atoms with Gasteiger partial charge in [0.25, 0.3) is 0 Å². The Kier molecular flexibility index (Phi) is 195. The summed E-state index contributed by atoms with van der Waals surface area (Å²) in [6, 6.07) is 0. The molecule has 2 nitrogen and oxygen atoms in total. The van der Waals surface area contributed by atoms with Crippen molar-refractivity contribution >= 4 is 60.8 Å². The molecule has 0 aromatic carbocycles. The van der Waals surface area contributed by atoms with E-state index in [0.717, 1.165) is 0 Å². The second kappa shape index (κ2) is 20.3. The molecule has 4 heteroatoms.